The summed E-state index contributed by atoms with van der Waals surface area (Å²) in [4.78, 5) is 0. The monoisotopic (exact) mass is 260 g/mol. The predicted molar refractivity (Wildman–Crippen MR) is 76.6 cm³/mol. The van der Waals surface area contributed by atoms with Crippen LogP contribution < -0.4 is 15.8 Å². The minimum absolute atomic E-state index is 0.169. The Labute approximate surface area is 112 Å². The number of halogens is 1. The van der Waals surface area contributed by atoms with Gasteiger partial charge in [0.1, 0.15) is 0 Å². The van der Waals surface area contributed by atoms with Crippen LogP contribution in [0.3, 0.4) is 0 Å². The second kappa shape index (κ2) is 5.18. The van der Waals surface area contributed by atoms with Gasteiger partial charge in [-0.25, -0.2) is 4.39 Å². The summed E-state index contributed by atoms with van der Waals surface area (Å²) >= 11 is 0. The highest BCUT2D eigenvalue weighted by Gasteiger charge is 2.09. The van der Waals surface area contributed by atoms with E-state index in [2.05, 4.69) is 5.32 Å². The molecule has 0 saturated heterocycles. The van der Waals surface area contributed by atoms with Crippen LogP contribution in [0.4, 0.5) is 21.5 Å². The molecule has 0 aromatic heterocycles. The molecular formula is C15H17FN2O. The summed E-state index contributed by atoms with van der Waals surface area (Å²) in [6, 6.07) is 8.90. The van der Waals surface area contributed by atoms with Crippen molar-refractivity contribution in [1.29, 1.82) is 0 Å². The third-order valence-corrected chi connectivity index (χ3v) is 2.99. The van der Waals surface area contributed by atoms with Crippen molar-refractivity contribution in [1.82, 2.24) is 0 Å². The van der Waals surface area contributed by atoms with Gasteiger partial charge in [0.2, 0.25) is 0 Å². The Morgan fingerprint density at radius 1 is 1.11 bits per heavy atom. The molecule has 0 amide bonds. The third kappa shape index (κ3) is 2.78. The fourth-order valence-corrected chi connectivity index (χ4v) is 1.85. The molecular weight excluding hydrogens is 243 g/mol. The second-order valence-electron chi connectivity index (χ2n) is 4.52. The van der Waals surface area contributed by atoms with E-state index in [4.69, 9.17) is 10.5 Å². The SMILES string of the molecule is COc1cc(Nc2cc(C)ccc2C)c(N)cc1F. The fourth-order valence-electron chi connectivity index (χ4n) is 1.85. The highest BCUT2D eigenvalue weighted by molar-refractivity contribution is 5.75. The van der Waals surface area contributed by atoms with Crippen molar-refractivity contribution >= 4 is 17.1 Å². The Hall–Kier alpha value is -2.23. The molecule has 2 aromatic carbocycles. The van der Waals surface area contributed by atoms with E-state index in [9.17, 15) is 4.39 Å². The summed E-state index contributed by atoms with van der Waals surface area (Å²) in [6.45, 7) is 4.01. The van der Waals surface area contributed by atoms with Gasteiger partial charge in [0.15, 0.2) is 11.6 Å². The van der Waals surface area contributed by atoms with E-state index in [0.717, 1.165) is 16.8 Å². The topological polar surface area (TPSA) is 47.3 Å². The molecule has 3 nitrogen and oxygen atoms in total. The molecule has 0 aliphatic heterocycles. The number of ether oxygens (including phenoxy) is 1. The third-order valence-electron chi connectivity index (χ3n) is 2.99. The molecule has 0 atom stereocenters. The summed E-state index contributed by atoms with van der Waals surface area (Å²) < 4.78 is 18.4. The van der Waals surface area contributed by atoms with Crippen molar-refractivity contribution in [3.63, 3.8) is 0 Å². The molecule has 19 heavy (non-hydrogen) atoms. The van der Waals surface area contributed by atoms with Gasteiger partial charge in [-0.1, -0.05) is 12.1 Å². The van der Waals surface area contributed by atoms with E-state index in [0.29, 0.717) is 11.4 Å². The van der Waals surface area contributed by atoms with E-state index in [-0.39, 0.29) is 5.75 Å². The first-order valence-corrected chi connectivity index (χ1v) is 5.98. The second-order valence-corrected chi connectivity index (χ2v) is 4.52. The summed E-state index contributed by atoms with van der Waals surface area (Å²) in [5.41, 5.74) is 9.98. The molecule has 0 spiro atoms. The number of aryl methyl sites for hydroxylation is 2. The summed E-state index contributed by atoms with van der Waals surface area (Å²) in [5, 5.41) is 3.21. The van der Waals surface area contributed by atoms with Gasteiger partial charge in [0.05, 0.1) is 18.5 Å². The lowest BCUT2D eigenvalue weighted by Gasteiger charge is -2.14. The predicted octanol–water partition coefficient (Wildman–Crippen LogP) is 3.78. The fraction of sp³-hybridized carbons (Fsp3) is 0.200. The summed E-state index contributed by atoms with van der Waals surface area (Å²) in [6.07, 6.45) is 0. The van der Waals surface area contributed by atoms with Crippen LogP contribution in [0.25, 0.3) is 0 Å². The van der Waals surface area contributed by atoms with Crippen LogP contribution in [-0.2, 0) is 0 Å². The maximum Gasteiger partial charge on any atom is 0.167 e. The maximum atomic E-state index is 13.5. The Balaban J connectivity index is 2.40. The van der Waals surface area contributed by atoms with Crippen LogP contribution in [0, 0.1) is 19.7 Å². The van der Waals surface area contributed by atoms with E-state index in [1.807, 2.05) is 32.0 Å². The Bertz CT molecular complexity index is 611. The van der Waals surface area contributed by atoms with Crippen molar-refractivity contribution in [3.05, 3.63) is 47.3 Å². The van der Waals surface area contributed by atoms with E-state index >= 15 is 0 Å². The first-order valence-electron chi connectivity index (χ1n) is 5.98. The Morgan fingerprint density at radius 3 is 2.53 bits per heavy atom. The Kier molecular flexibility index (Phi) is 3.60. The molecule has 4 heteroatoms. The standard InChI is InChI=1S/C15H17FN2O/c1-9-4-5-10(2)13(6-9)18-14-8-15(19-3)11(16)7-12(14)17/h4-8,18H,17H2,1-3H3. The summed E-state index contributed by atoms with van der Waals surface area (Å²) in [7, 11) is 1.43. The van der Waals surface area contributed by atoms with Gasteiger partial charge in [-0.15, -0.1) is 0 Å². The largest absolute Gasteiger partial charge is 0.494 e. The number of nitrogens with one attached hydrogen (secondary N) is 1. The zero-order valence-electron chi connectivity index (χ0n) is 11.3. The van der Waals surface area contributed by atoms with E-state index in [1.165, 1.54) is 13.2 Å². The first-order chi connectivity index (χ1) is 9.01. The van der Waals surface area contributed by atoms with Crippen molar-refractivity contribution < 1.29 is 9.13 Å². The average Bonchev–Trinajstić information content (AvgIpc) is 2.37. The number of anilines is 3. The summed E-state index contributed by atoms with van der Waals surface area (Å²) in [5.74, 6) is -0.298. The molecule has 3 N–H and O–H groups in total. The molecule has 0 radical (unpaired) electrons. The molecule has 0 saturated carbocycles. The molecule has 0 aliphatic rings. The van der Waals surface area contributed by atoms with Gasteiger partial charge in [0.25, 0.3) is 0 Å². The van der Waals surface area contributed by atoms with Crippen LogP contribution in [0.1, 0.15) is 11.1 Å². The minimum atomic E-state index is -0.466. The van der Waals surface area contributed by atoms with E-state index < -0.39 is 5.82 Å². The molecule has 0 bridgehead atoms. The lowest BCUT2D eigenvalue weighted by Crippen LogP contribution is -2.00. The van der Waals surface area contributed by atoms with Crippen molar-refractivity contribution in [3.8, 4) is 5.75 Å². The maximum absolute atomic E-state index is 13.5. The number of nitrogen functional groups attached to an aromatic ring is 1. The molecule has 100 valence electrons. The molecule has 0 unspecified atom stereocenters. The van der Waals surface area contributed by atoms with Crippen LogP contribution in [0.15, 0.2) is 30.3 Å². The first kappa shape index (κ1) is 13.2. The highest BCUT2D eigenvalue weighted by Crippen LogP contribution is 2.31. The quantitative estimate of drug-likeness (QED) is 0.826. The lowest BCUT2D eigenvalue weighted by atomic mass is 10.1. The molecule has 2 aromatic rings. The molecule has 0 aliphatic carbocycles. The molecule has 0 fully saturated rings. The van der Waals surface area contributed by atoms with Crippen molar-refractivity contribution in [2.24, 2.45) is 0 Å². The van der Waals surface area contributed by atoms with Crippen LogP contribution in [-0.4, -0.2) is 7.11 Å². The van der Waals surface area contributed by atoms with Crippen LogP contribution in [0.5, 0.6) is 5.75 Å². The molecule has 2 rings (SSSR count). The highest BCUT2D eigenvalue weighted by atomic mass is 19.1. The van der Waals surface area contributed by atoms with Gasteiger partial charge >= 0.3 is 0 Å². The van der Waals surface area contributed by atoms with Gasteiger partial charge in [-0.3, -0.25) is 0 Å². The van der Waals surface area contributed by atoms with Crippen molar-refractivity contribution in [2.45, 2.75) is 13.8 Å². The zero-order valence-corrected chi connectivity index (χ0v) is 11.3. The van der Waals surface area contributed by atoms with Gasteiger partial charge in [-0.05, 0) is 31.0 Å². The van der Waals surface area contributed by atoms with Crippen LogP contribution in [0.2, 0.25) is 0 Å². The van der Waals surface area contributed by atoms with Gasteiger partial charge in [0, 0.05) is 17.8 Å². The number of benzene rings is 2. The smallest absolute Gasteiger partial charge is 0.167 e. The number of hydrogen-bond donors (Lipinski definition) is 2. The Morgan fingerprint density at radius 2 is 1.84 bits per heavy atom. The number of nitrogens with two attached hydrogens (primary N) is 1. The average molecular weight is 260 g/mol. The zero-order chi connectivity index (χ0) is 14.0. The van der Waals surface area contributed by atoms with Gasteiger partial charge in [-0.2, -0.15) is 0 Å². The van der Waals surface area contributed by atoms with Crippen LogP contribution >= 0.6 is 0 Å². The number of hydrogen-bond acceptors (Lipinski definition) is 3. The van der Waals surface area contributed by atoms with Crippen molar-refractivity contribution in [2.75, 3.05) is 18.2 Å². The number of rotatable bonds is 3. The minimum Gasteiger partial charge on any atom is -0.494 e. The van der Waals surface area contributed by atoms with Gasteiger partial charge < -0.3 is 15.8 Å². The number of methoxy groups -OCH3 is 1. The van der Waals surface area contributed by atoms with E-state index in [1.54, 1.807) is 6.07 Å². The lowest BCUT2D eigenvalue weighted by molar-refractivity contribution is 0.387. The normalized spacial score (nSPS) is 10.3. The molecule has 0 heterocycles.